The van der Waals surface area contributed by atoms with Crippen molar-refractivity contribution in [1.29, 1.82) is 5.26 Å². The van der Waals surface area contributed by atoms with Gasteiger partial charge in [-0.15, -0.1) is 11.3 Å². The van der Waals surface area contributed by atoms with E-state index in [1.807, 2.05) is 0 Å². The SMILES string of the molecule is Cc1cc([C@@H]2C(C#N)=C3N=C(N)c4c(sc5c4C4CCN5CC4)N3C3=C2C(=O)CCC3)c(C)s1. The van der Waals surface area contributed by atoms with Gasteiger partial charge in [-0.1, -0.05) is 11.3 Å². The van der Waals surface area contributed by atoms with Crippen LogP contribution in [0.3, 0.4) is 0 Å². The molecule has 0 unspecified atom stereocenters. The summed E-state index contributed by atoms with van der Waals surface area (Å²) in [5.41, 5.74) is 12.5. The first-order chi connectivity index (χ1) is 16.5. The lowest BCUT2D eigenvalue weighted by Crippen LogP contribution is -2.40. The summed E-state index contributed by atoms with van der Waals surface area (Å²) in [6.07, 6.45) is 4.48. The van der Waals surface area contributed by atoms with E-state index in [1.54, 1.807) is 22.7 Å². The number of aliphatic imine (C=N–C) groups is 1. The number of fused-ring (bicyclic) bond motifs is 6. The standard InChI is InChI=1S/C26H25N5OS2/c1-12-10-15(13(2)33-12)20-16(11-27)24-29-23(28)22-19-14-6-8-30(9-7-14)25(19)34-26(22)31(24)17-4-3-5-18(32)21(17)20/h10,14,20H,3-9H2,1-2H3,(H2,28,29)/t20-/m1/s1. The van der Waals surface area contributed by atoms with Gasteiger partial charge >= 0.3 is 0 Å². The maximum absolute atomic E-state index is 13.5. The normalized spacial score (nSPS) is 23.5. The van der Waals surface area contributed by atoms with Crippen LogP contribution in [0.4, 0.5) is 10.0 Å². The highest BCUT2D eigenvalue weighted by atomic mass is 32.1. The number of rotatable bonds is 1. The van der Waals surface area contributed by atoms with Crippen LogP contribution in [0.5, 0.6) is 0 Å². The zero-order chi connectivity index (χ0) is 23.3. The lowest BCUT2D eigenvalue weighted by Gasteiger charge is -2.41. The molecule has 1 atom stereocenters. The molecule has 34 heavy (non-hydrogen) atoms. The molecule has 6 aliphatic rings. The van der Waals surface area contributed by atoms with Crippen LogP contribution in [0.25, 0.3) is 0 Å². The Morgan fingerprint density at radius 3 is 2.68 bits per heavy atom. The Balaban J connectivity index is 1.52. The van der Waals surface area contributed by atoms with E-state index in [2.05, 4.69) is 35.8 Å². The Morgan fingerprint density at radius 1 is 1.18 bits per heavy atom. The smallest absolute Gasteiger partial charge is 0.161 e. The topological polar surface area (TPSA) is 85.7 Å². The van der Waals surface area contributed by atoms with Gasteiger partial charge in [-0.05, 0) is 57.1 Å². The average molecular weight is 488 g/mol. The van der Waals surface area contributed by atoms with E-state index >= 15 is 0 Å². The molecule has 0 amide bonds. The third-order valence-electron chi connectivity index (χ3n) is 8.02. The Kier molecular flexibility index (Phi) is 4.25. The number of nitrogens with zero attached hydrogens (tertiary/aromatic N) is 4. The van der Waals surface area contributed by atoms with E-state index in [9.17, 15) is 10.1 Å². The highest BCUT2D eigenvalue weighted by Gasteiger charge is 2.47. The number of allylic oxidation sites excluding steroid dienone is 3. The highest BCUT2D eigenvalue weighted by molar-refractivity contribution is 7.21. The minimum absolute atomic E-state index is 0.163. The van der Waals surface area contributed by atoms with Crippen molar-refractivity contribution >= 4 is 44.3 Å². The summed E-state index contributed by atoms with van der Waals surface area (Å²) in [5, 5.41) is 12.8. The number of piperidine rings is 1. The fourth-order valence-electron chi connectivity index (χ4n) is 6.60. The van der Waals surface area contributed by atoms with Crippen LogP contribution in [0, 0.1) is 25.2 Å². The van der Waals surface area contributed by atoms with Crippen LogP contribution in [-0.2, 0) is 4.79 Å². The minimum Gasteiger partial charge on any atom is -0.383 e. The monoisotopic (exact) mass is 487 g/mol. The molecule has 0 radical (unpaired) electrons. The van der Waals surface area contributed by atoms with Crippen molar-refractivity contribution in [2.24, 2.45) is 10.7 Å². The molecule has 0 saturated carbocycles. The average Bonchev–Trinajstić information content (AvgIpc) is 3.40. The Hall–Kier alpha value is -2.89. The van der Waals surface area contributed by atoms with Crippen LogP contribution in [0.1, 0.15) is 70.4 Å². The highest BCUT2D eigenvalue weighted by Crippen LogP contribution is 2.58. The first-order valence-electron chi connectivity index (χ1n) is 12.0. The van der Waals surface area contributed by atoms with Crippen molar-refractivity contribution in [3.05, 3.63) is 55.2 Å². The van der Waals surface area contributed by atoms with Gasteiger partial charge in [-0.3, -0.25) is 9.69 Å². The molecule has 2 aromatic rings. The van der Waals surface area contributed by atoms with E-state index in [4.69, 9.17) is 10.7 Å². The minimum atomic E-state index is -0.364. The first kappa shape index (κ1) is 20.5. The number of anilines is 2. The molecule has 2 aromatic heterocycles. The van der Waals surface area contributed by atoms with Gasteiger partial charge in [0.05, 0.1) is 28.1 Å². The summed E-state index contributed by atoms with van der Waals surface area (Å²) >= 11 is 3.48. The van der Waals surface area contributed by atoms with Gasteiger partial charge in [0, 0.05) is 46.1 Å². The van der Waals surface area contributed by atoms with E-state index in [0.29, 0.717) is 29.6 Å². The zero-order valence-corrected chi connectivity index (χ0v) is 20.9. The molecule has 1 fully saturated rings. The number of hydrogen-bond acceptors (Lipinski definition) is 8. The maximum atomic E-state index is 13.5. The largest absolute Gasteiger partial charge is 0.383 e. The predicted octanol–water partition coefficient (Wildman–Crippen LogP) is 5.19. The van der Waals surface area contributed by atoms with Crippen LogP contribution in [0.2, 0.25) is 0 Å². The molecule has 8 heteroatoms. The Bertz CT molecular complexity index is 1420. The third-order valence-corrected chi connectivity index (χ3v) is 10.3. The molecule has 2 N–H and O–H groups in total. The quantitative estimate of drug-likeness (QED) is 0.598. The molecule has 8 rings (SSSR count). The molecule has 0 spiro atoms. The summed E-state index contributed by atoms with van der Waals surface area (Å²) in [6.45, 7) is 6.34. The molecular weight excluding hydrogens is 462 g/mol. The molecule has 172 valence electrons. The second-order valence-corrected chi connectivity index (χ2v) is 12.3. The lowest BCUT2D eigenvalue weighted by atomic mass is 9.75. The van der Waals surface area contributed by atoms with E-state index in [0.717, 1.165) is 71.0 Å². The summed E-state index contributed by atoms with van der Waals surface area (Å²) in [7, 11) is 0. The third kappa shape index (κ3) is 2.54. The van der Waals surface area contributed by atoms with E-state index < -0.39 is 0 Å². The number of carbonyl (C=O) groups excluding carboxylic acids is 1. The predicted molar refractivity (Wildman–Crippen MR) is 137 cm³/mol. The van der Waals surface area contributed by atoms with Crippen LogP contribution < -0.4 is 15.5 Å². The van der Waals surface area contributed by atoms with Gasteiger partial charge in [0.25, 0.3) is 0 Å². The molecular formula is C26H25N5OS2. The fourth-order valence-corrected chi connectivity index (χ4v) is 9.04. The first-order valence-corrected chi connectivity index (χ1v) is 13.6. The summed E-state index contributed by atoms with van der Waals surface area (Å²) in [4.78, 5) is 25.3. The molecule has 1 saturated heterocycles. The number of nitrogens with two attached hydrogens (primary N) is 1. The number of hydrogen-bond donors (Lipinski definition) is 1. The second kappa shape index (κ2) is 7.06. The molecule has 7 heterocycles. The number of nitriles is 1. The molecule has 6 nitrogen and oxygen atoms in total. The second-order valence-electron chi connectivity index (χ2n) is 9.88. The number of amidine groups is 1. The number of aryl methyl sites for hydroxylation is 2. The van der Waals surface area contributed by atoms with Crippen molar-refractivity contribution in [2.75, 3.05) is 22.9 Å². The number of ketones is 1. The van der Waals surface area contributed by atoms with Crippen molar-refractivity contribution in [3.63, 3.8) is 0 Å². The van der Waals surface area contributed by atoms with Gasteiger partial charge < -0.3 is 10.6 Å². The number of thiophene rings is 2. The fraction of sp³-hybridized carbons (Fsp3) is 0.423. The van der Waals surface area contributed by atoms with Crippen molar-refractivity contribution in [1.82, 2.24) is 0 Å². The molecule has 5 aliphatic heterocycles. The van der Waals surface area contributed by atoms with Crippen molar-refractivity contribution in [2.45, 2.75) is 57.8 Å². The van der Waals surface area contributed by atoms with Crippen molar-refractivity contribution < 1.29 is 4.79 Å². The molecule has 0 aromatic carbocycles. The molecule has 2 bridgehead atoms. The number of Topliss-reactive ketones (excluding diaryl/α,β-unsaturated/α-hetero) is 1. The van der Waals surface area contributed by atoms with Gasteiger partial charge in [0.2, 0.25) is 0 Å². The maximum Gasteiger partial charge on any atom is 0.161 e. The van der Waals surface area contributed by atoms with Gasteiger partial charge in [0.1, 0.15) is 10.8 Å². The van der Waals surface area contributed by atoms with E-state index in [-0.39, 0.29) is 11.7 Å². The van der Waals surface area contributed by atoms with E-state index in [1.165, 1.54) is 15.4 Å². The van der Waals surface area contributed by atoms with Gasteiger partial charge in [-0.2, -0.15) is 5.26 Å². The van der Waals surface area contributed by atoms with Gasteiger partial charge in [-0.25, -0.2) is 4.99 Å². The Labute approximate surface area is 206 Å². The summed E-state index contributed by atoms with van der Waals surface area (Å²) in [5.74, 6) is 1.45. The van der Waals surface area contributed by atoms with Crippen LogP contribution in [0.15, 0.2) is 33.7 Å². The summed E-state index contributed by atoms with van der Waals surface area (Å²) in [6, 6.07) is 4.61. The lowest BCUT2D eigenvalue weighted by molar-refractivity contribution is -0.116. The van der Waals surface area contributed by atoms with Crippen molar-refractivity contribution in [3.8, 4) is 6.07 Å². The molecule has 1 aliphatic carbocycles. The van der Waals surface area contributed by atoms with Gasteiger partial charge in [0.15, 0.2) is 11.6 Å². The van der Waals surface area contributed by atoms with Crippen LogP contribution in [-0.4, -0.2) is 24.7 Å². The Morgan fingerprint density at radius 2 is 1.97 bits per heavy atom. The zero-order valence-electron chi connectivity index (χ0n) is 19.3. The summed E-state index contributed by atoms with van der Waals surface area (Å²) < 4.78 is 0. The number of carbonyl (C=O) groups is 1. The van der Waals surface area contributed by atoms with Crippen LogP contribution >= 0.6 is 22.7 Å².